The summed E-state index contributed by atoms with van der Waals surface area (Å²) in [5.74, 6) is 1.79. The van der Waals surface area contributed by atoms with Gasteiger partial charge in [-0.05, 0) is 59.6 Å². The first-order valence-corrected chi connectivity index (χ1v) is 6.69. The van der Waals surface area contributed by atoms with Gasteiger partial charge in [0.05, 0.1) is 23.9 Å². The lowest BCUT2D eigenvalue weighted by atomic mass is 10.2. The van der Waals surface area contributed by atoms with E-state index in [4.69, 9.17) is 9.15 Å². The summed E-state index contributed by atoms with van der Waals surface area (Å²) in [4.78, 5) is 0. The molecular weight excluding hydrogens is 294 g/mol. The summed E-state index contributed by atoms with van der Waals surface area (Å²) >= 11 is 3.44. The summed E-state index contributed by atoms with van der Waals surface area (Å²) in [7, 11) is 0. The second kappa shape index (κ2) is 5.96. The monoisotopic (exact) mass is 309 g/mol. The SMILES string of the molecule is CCOc1ccc(NCc2occc2Br)c(C)c1. The molecule has 1 heterocycles. The van der Waals surface area contributed by atoms with Crippen LogP contribution in [0.1, 0.15) is 18.2 Å². The van der Waals surface area contributed by atoms with Gasteiger partial charge in [0, 0.05) is 5.69 Å². The Morgan fingerprint density at radius 2 is 2.17 bits per heavy atom. The van der Waals surface area contributed by atoms with Crippen LogP contribution in [-0.2, 0) is 6.54 Å². The molecule has 4 heteroatoms. The Balaban J connectivity index is 2.03. The second-order valence-electron chi connectivity index (χ2n) is 3.96. The first-order valence-electron chi connectivity index (χ1n) is 5.90. The van der Waals surface area contributed by atoms with Crippen molar-refractivity contribution in [2.75, 3.05) is 11.9 Å². The summed E-state index contributed by atoms with van der Waals surface area (Å²) in [6.07, 6.45) is 1.67. The molecule has 0 bridgehead atoms. The van der Waals surface area contributed by atoms with Crippen LogP contribution in [-0.4, -0.2) is 6.61 Å². The molecule has 0 aliphatic heterocycles. The minimum atomic E-state index is 0.655. The zero-order chi connectivity index (χ0) is 13.0. The fourth-order valence-corrected chi connectivity index (χ4v) is 2.06. The molecule has 0 saturated heterocycles. The van der Waals surface area contributed by atoms with Gasteiger partial charge >= 0.3 is 0 Å². The molecule has 0 spiro atoms. The minimum Gasteiger partial charge on any atom is -0.494 e. The molecule has 0 saturated carbocycles. The van der Waals surface area contributed by atoms with Crippen molar-refractivity contribution >= 4 is 21.6 Å². The lowest BCUT2D eigenvalue weighted by Crippen LogP contribution is -2.01. The number of aryl methyl sites for hydroxylation is 1. The summed E-state index contributed by atoms with van der Waals surface area (Å²) in [6, 6.07) is 7.91. The van der Waals surface area contributed by atoms with Crippen molar-refractivity contribution in [2.45, 2.75) is 20.4 Å². The van der Waals surface area contributed by atoms with E-state index in [2.05, 4.69) is 28.2 Å². The molecule has 0 atom stereocenters. The number of ether oxygens (including phenoxy) is 1. The molecule has 1 N–H and O–H groups in total. The highest BCUT2D eigenvalue weighted by Crippen LogP contribution is 2.23. The normalized spacial score (nSPS) is 10.4. The van der Waals surface area contributed by atoms with Gasteiger partial charge < -0.3 is 14.5 Å². The van der Waals surface area contributed by atoms with Crippen LogP contribution in [0, 0.1) is 6.92 Å². The molecule has 0 amide bonds. The van der Waals surface area contributed by atoms with Gasteiger partial charge in [-0.3, -0.25) is 0 Å². The number of hydrogen-bond donors (Lipinski definition) is 1. The average Bonchev–Trinajstić information content (AvgIpc) is 2.74. The van der Waals surface area contributed by atoms with Gasteiger partial charge in [0.25, 0.3) is 0 Å². The van der Waals surface area contributed by atoms with Crippen LogP contribution in [0.25, 0.3) is 0 Å². The first kappa shape index (κ1) is 13.0. The van der Waals surface area contributed by atoms with E-state index in [1.807, 2.05) is 31.2 Å². The quantitative estimate of drug-likeness (QED) is 0.891. The maximum atomic E-state index is 5.46. The van der Waals surface area contributed by atoms with Crippen LogP contribution in [0.3, 0.4) is 0 Å². The Bertz CT molecular complexity index is 522. The largest absolute Gasteiger partial charge is 0.494 e. The third-order valence-corrected chi connectivity index (χ3v) is 3.35. The molecule has 0 fully saturated rings. The standard InChI is InChI=1S/C14H16BrNO2/c1-3-17-11-4-5-13(10(2)8-11)16-9-14-12(15)6-7-18-14/h4-8,16H,3,9H2,1-2H3. The Labute approximate surface area is 115 Å². The minimum absolute atomic E-state index is 0.655. The highest BCUT2D eigenvalue weighted by Gasteiger charge is 2.05. The Morgan fingerprint density at radius 3 is 2.78 bits per heavy atom. The molecule has 3 nitrogen and oxygen atoms in total. The zero-order valence-electron chi connectivity index (χ0n) is 10.5. The van der Waals surface area contributed by atoms with E-state index in [-0.39, 0.29) is 0 Å². The summed E-state index contributed by atoms with van der Waals surface area (Å²) in [6.45, 7) is 5.38. The van der Waals surface area contributed by atoms with E-state index in [1.54, 1.807) is 6.26 Å². The van der Waals surface area contributed by atoms with Crippen molar-refractivity contribution in [1.29, 1.82) is 0 Å². The Kier molecular flexibility index (Phi) is 4.31. The van der Waals surface area contributed by atoms with Crippen molar-refractivity contribution in [1.82, 2.24) is 0 Å². The lowest BCUT2D eigenvalue weighted by Gasteiger charge is -2.10. The zero-order valence-corrected chi connectivity index (χ0v) is 12.1. The van der Waals surface area contributed by atoms with Gasteiger partial charge in [-0.2, -0.15) is 0 Å². The van der Waals surface area contributed by atoms with Crippen molar-refractivity contribution in [2.24, 2.45) is 0 Å². The van der Waals surface area contributed by atoms with Crippen molar-refractivity contribution in [3.8, 4) is 5.75 Å². The molecule has 0 aliphatic rings. The van der Waals surface area contributed by atoms with Crippen LogP contribution >= 0.6 is 15.9 Å². The van der Waals surface area contributed by atoms with Gasteiger partial charge in [0.2, 0.25) is 0 Å². The number of benzene rings is 1. The summed E-state index contributed by atoms with van der Waals surface area (Å²) in [5.41, 5.74) is 2.24. The van der Waals surface area contributed by atoms with Crippen molar-refractivity contribution in [3.05, 3.63) is 46.3 Å². The van der Waals surface area contributed by atoms with Gasteiger partial charge in [0.15, 0.2) is 0 Å². The summed E-state index contributed by atoms with van der Waals surface area (Å²) in [5, 5.41) is 3.35. The van der Waals surface area contributed by atoms with Crippen LogP contribution < -0.4 is 10.1 Å². The number of anilines is 1. The highest BCUT2D eigenvalue weighted by atomic mass is 79.9. The van der Waals surface area contributed by atoms with E-state index in [0.717, 1.165) is 27.2 Å². The number of furan rings is 1. The van der Waals surface area contributed by atoms with Crippen LogP contribution in [0.4, 0.5) is 5.69 Å². The fraction of sp³-hybridized carbons (Fsp3) is 0.286. The smallest absolute Gasteiger partial charge is 0.136 e. The topological polar surface area (TPSA) is 34.4 Å². The van der Waals surface area contributed by atoms with E-state index in [9.17, 15) is 0 Å². The Morgan fingerprint density at radius 1 is 1.33 bits per heavy atom. The molecule has 1 aromatic heterocycles. The number of halogens is 1. The maximum Gasteiger partial charge on any atom is 0.136 e. The molecule has 1 aromatic carbocycles. The molecule has 0 aliphatic carbocycles. The summed E-state index contributed by atoms with van der Waals surface area (Å²) < 4.78 is 11.8. The van der Waals surface area contributed by atoms with E-state index in [1.165, 1.54) is 0 Å². The number of rotatable bonds is 5. The second-order valence-corrected chi connectivity index (χ2v) is 4.81. The van der Waals surface area contributed by atoms with E-state index in [0.29, 0.717) is 13.2 Å². The van der Waals surface area contributed by atoms with Crippen LogP contribution in [0.15, 0.2) is 39.4 Å². The molecular formula is C14H16BrNO2. The van der Waals surface area contributed by atoms with E-state index >= 15 is 0 Å². The third-order valence-electron chi connectivity index (χ3n) is 2.64. The molecule has 2 aromatic rings. The van der Waals surface area contributed by atoms with Crippen LogP contribution in [0.2, 0.25) is 0 Å². The number of hydrogen-bond acceptors (Lipinski definition) is 3. The lowest BCUT2D eigenvalue weighted by molar-refractivity contribution is 0.340. The van der Waals surface area contributed by atoms with Crippen molar-refractivity contribution < 1.29 is 9.15 Å². The molecule has 2 rings (SSSR count). The fourth-order valence-electron chi connectivity index (χ4n) is 1.72. The predicted octanol–water partition coefficient (Wildman–Crippen LogP) is 4.36. The Hall–Kier alpha value is -1.42. The average molecular weight is 310 g/mol. The molecule has 18 heavy (non-hydrogen) atoms. The van der Waals surface area contributed by atoms with Gasteiger partial charge in [-0.1, -0.05) is 0 Å². The van der Waals surface area contributed by atoms with Gasteiger partial charge in [-0.25, -0.2) is 0 Å². The predicted molar refractivity (Wildman–Crippen MR) is 76.1 cm³/mol. The number of nitrogens with one attached hydrogen (secondary N) is 1. The van der Waals surface area contributed by atoms with E-state index < -0.39 is 0 Å². The van der Waals surface area contributed by atoms with Crippen LogP contribution in [0.5, 0.6) is 5.75 Å². The van der Waals surface area contributed by atoms with Gasteiger partial charge in [-0.15, -0.1) is 0 Å². The molecule has 96 valence electrons. The van der Waals surface area contributed by atoms with Crippen molar-refractivity contribution in [3.63, 3.8) is 0 Å². The first-order chi connectivity index (χ1) is 8.70. The van der Waals surface area contributed by atoms with Gasteiger partial charge in [0.1, 0.15) is 11.5 Å². The highest BCUT2D eigenvalue weighted by molar-refractivity contribution is 9.10. The molecule has 0 radical (unpaired) electrons. The third kappa shape index (κ3) is 3.07. The maximum absolute atomic E-state index is 5.46. The molecule has 0 unspecified atom stereocenters.